The molecular weight excluding hydrogens is 708 g/mol. The van der Waals surface area contributed by atoms with Gasteiger partial charge in [0, 0.05) is 69.8 Å². The fourth-order valence-electron chi connectivity index (χ4n) is 6.16. The molecule has 0 atom stereocenters. The van der Waals surface area contributed by atoms with E-state index in [1.165, 1.54) is 12.1 Å². The molecule has 0 unspecified atom stereocenters. The van der Waals surface area contributed by atoms with Gasteiger partial charge in [0.15, 0.2) is 23.3 Å². The van der Waals surface area contributed by atoms with Gasteiger partial charge in [-0.05, 0) is 18.2 Å². The number of carboxylic acids is 1. The van der Waals surface area contributed by atoms with Crippen LogP contribution >= 0.6 is 0 Å². The van der Waals surface area contributed by atoms with E-state index in [0.29, 0.717) is 56.7 Å². The molecule has 7 aromatic rings. The van der Waals surface area contributed by atoms with Crippen molar-refractivity contribution in [3.05, 3.63) is 91.0 Å². The molecule has 5 heterocycles. The Balaban J connectivity index is 0.00000361. The summed E-state index contributed by atoms with van der Waals surface area (Å²) in [6, 6.07) is 27.7. The van der Waals surface area contributed by atoms with Crippen LogP contribution in [0.5, 0.6) is 0 Å². The van der Waals surface area contributed by atoms with Crippen molar-refractivity contribution in [1.29, 1.82) is 0 Å². The second kappa shape index (κ2) is 12.0. The SMILES string of the molecule is O=C(O)CCNS(=O)(=O)c1ccc2c3nc4nc(nc5[nH]c(nc6nc(nc([nH]3)c2c1)-c1ccccc1-6)c1ccccc51)-c1ccccc1-4.[Zn]. The Labute approximate surface area is 295 Å². The van der Waals surface area contributed by atoms with Gasteiger partial charge in [-0.1, -0.05) is 72.8 Å². The summed E-state index contributed by atoms with van der Waals surface area (Å²) in [5.41, 5.74) is 5.02. The number of hydrogen-bond donors (Lipinski definition) is 4. The molecular formula is C35H23N9O4SZn. The van der Waals surface area contributed by atoms with Crippen molar-refractivity contribution < 1.29 is 37.8 Å². The maximum atomic E-state index is 13.2. The average molecular weight is 731 g/mol. The monoisotopic (exact) mass is 729 g/mol. The molecule has 4 N–H and O–H groups in total. The van der Waals surface area contributed by atoms with Gasteiger partial charge in [0.05, 0.1) is 11.3 Å². The normalized spacial score (nSPS) is 12.0. The number of nitrogens with one attached hydrogen (secondary N) is 3. The van der Waals surface area contributed by atoms with Crippen LogP contribution in [0, 0.1) is 0 Å². The topological polar surface area (TPSA) is 192 Å². The zero-order chi connectivity index (χ0) is 33.3. The van der Waals surface area contributed by atoms with Crippen LogP contribution in [0.25, 0.3) is 89.7 Å². The summed E-state index contributed by atoms with van der Waals surface area (Å²) in [5, 5.41) is 11.8. The van der Waals surface area contributed by atoms with Gasteiger partial charge in [-0.2, -0.15) is 0 Å². The number of benzene rings is 4. The minimum atomic E-state index is -4.04. The predicted octanol–water partition coefficient (Wildman–Crippen LogP) is 5.62. The smallest absolute Gasteiger partial charge is 0.304 e. The molecule has 4 aromatic carbocycles. The minimum absolute atomic E-state index is 0. The van der Waals surface area contributed by atoms with Crippen molar-refractivity contribution in [2.75, 3.05) is 6.54 Å². The number of aromatic amines is 2. The molecule has 15 heteroatoms. The number of sulfonamides is 1. The van der Waals surface area contributed by atoms with Gasteiger partial charge in [-0.15, -0.1) is 0 Å². The Hall–Kier alpha value is -5.76. The summed E-state index contributed by atoms with van der Waals surface area (Å²) in [6.45, 7) is -0.253. The number of fused-ring (bicyclic) bond motifs is 20. The Kier molecular flexibility index (Phi) is 7.55. The molecule has 0 saturated heterocycles. The number of nitrogens with zero attached hydrogens (tertiary/aromatic N) is 6. The molecule has 240 valence electrons. The molecule has 0 spiro atoms. The van der Waals surface area contributed by atoms with Gasteiger partial charge in [0.1, 0.15) is 22.6 Å². The third-order valence-electron chi connectivity index (χ3n) is 8.47. The first-order chi connectivity index (χ1) is 23.8. The van der Waals surface area contributed by atoms with Crippen molar-refractivity contribution in [2.45, 2.75) is 11.3 Å². The number of H-pyrrole nitrogens is 2. The van der Waals surface area contributed by atoms with E-state index in [4.69, 9.17) is 35.0 Å². The Bertz CT molecular complexity index is 2830. The molecule has 3 aromatic heterocycles. The summed E-state index contributed by atoms with van der Waals surface area (Å²) in [5.74, 6) is 0.611. The maximum absolute atomic E-state index is 13.2. The molecule has 0 amide bonds. The summed E-state index contributed by atoms with van der Waals surface area (Å²) >= 11 is 0. The largest absolute Gasteiger partial charge is 0.481 e. The molecule has 9 rings (SSSR count). The van der Waals surface area contributed by atoms with Gasteiger partial charge in [0.25, 0.3) is 0 Å². The van der Waals surface area contributed by atoms with Crippen molar-refractivity contribution in [3.8, 4) is 45.6 Å². The zero-order valence-corrected chi connectivity index (χ0v) is 29.8. The van der Waals surface area contributed by atoms with Crippen LogP contribution in [0.1, 0.15) is 6.42 Å². The van der Waals surface area contributed by atoms with E-state index in [2.05, 4.69) is 14.7 Å². The van der Waals surface area contributed by atoms with Crippen LogP contribution in [0.2, 0.25) is 0 Å². The van der Waals surface area contributed by atoms with E-state index in [9.17, 15) is 13.2 Å². The molecule has 13 nitrogen and oxygen atoms in total. The number of aliphatic carboxylic acids is 1. The number of rotatable bonds is 5. The van der Waals surface area contributed by atoms with E-state index >= 15 is 0 Å². The number of aromatic nitrogens is 8. The van der Waals surface area contributed by atoms with E-state index in [-0.39, 0.29) is 37.3 Å². The van der Waals surface area contributed by atoms with Crippen LogP contribution in [-0.4, -0.2) is 65.9 Å². The summed E-state index contributed by atoms with van der Waals surface area (Å²) in [6.07, 6.45) is -0.354. The van der Waals surface area contributed by atoms with E-state index in [1.807, 2.05) is 72.8 Å². The molecule has 0 aliphatic carbocycles. The van der Waals surface area contributed by atoms with Gasteiger partial charge in [-0.3, -0.25) is 4.79 Å². The van der Waals surface area contributed by atoms with Gasteiger partial charge in [0.2, 0.25) is 10.0 Å². The third kappa shape index (κ3) is 5.23. The third-order valence-corrected chi connectivity index (χ3v) is 9.92. The number of carbonyl (C=O) groups is 1. The first kappa shape index (κ1) is 31.5. The quantitative estimate of drug-likeness (QED) is 0.162. The summed E-state index contributed by atoms with van der Waals surface area (Å²) < 4.78 is 28.7. The maximum Gasteiger partial charge on any atom is 0.304 e. The van der Waals surface area contributed by atoms with Crippen molar-refractivity contribution in [2.24, 2.45) is 0 Å². The van der Waals surface area contributed by atoms with Crippen molar-refractivity contribution >= 4 is 60.1 Å². The van der Waals surface area contributed by atoms with Gasteiger partial charge >= 0.3 is 5.97 Å². The predicted molar refractivity (Wildman–Crippen MR) is 183 cm³/mol. The fraction of sp³-hybridized carbons (Fsp3) is 0.0571. The first-order valence-electron chi connectivity index (χ1n) is 15.3. The molecule has 2 aliphatic heterocycles. The Morgan fingerprint density at radius 3 is 1.42 bits per heavy atom. The van der Waals surface area contributed by atoms with Crippen molar-refractivity contribution in [1.82, 2.24) is 44.6 Å². The zero-order valence-electron chi connectivity index (χ0n) is 26.0. The van der Waals surface area contributed by atoms with E-state index < -0.39 is 16.0 Å². The number of hydrogen-bond acceptors (Lipinski definition) is 9. The van der Waals surface area contributed by atoms with Crippen LogP contribution in [-0.2, 0) is 34.3 Å². The standard InChI is InChI=1S/C35H23N9O4S.Zn/c45-27(46)15-16-36-49(47,48)18-13-14-25-26(17-18)35-43-33-24-12-6-5-11-23(24)31(41-33)39-29-20-8-2-1-7-19(20)28(37-29)38-30-21-9-3-4-10-22(21)32(40-30)42-34(25)44-35;/h1-14,17,36H,15-16H2,(H,45,46)(H2,37,38,39,40,41,42,43,44);. The van der Waals surface area contributed by atoms with E-state index in [0.717, 1.165) is 33.0 Å². The van der Waals surface area contributed by atoms with Crippen LogP contribution in [0.15, 0.2) is 95.9 Å². The van der Waals surface area contributed by atoms with Gasteiger partial charge in [-0.25, -0.2) is 43.0 Å². The molecule has 2 aliphatic rings. The van der Waals surface area contributed by atoms with Crippen molar-refractivity contribution in [3.63, 3.8) is 0 Å². The van der Waals surface area contributed by atoms with Crippen LogP contribution in [0.4, 0.5) is 0 Å². The molecule has 0 radical (unpaired) electrons. The molecule has 50 heavy (non-hydrogen) atoms. The van der Waals surface area contributed by atoms with E-state index in [1.54, 1.807) is 6.07 Å². The fourth-order valence-corrected chi connectivity index (χ4v) is 7.22. The molecule has 0 fully saturated rings. The molecule has 8 bridgehead atoms. The summed E-state index contributed by atoms with van der Waals surface area (Å²) in [7, 11) is -4.04. The Morgan fingerprint density at radius 1 is 0.580 bits per heavy atom. The summed E-state index contributed by atoms with van der Waals surface area (Å²) in [4.78, 5) is 47.2. The van der Waals surface area contributed by atoms with Crippen LogP contribution < -0.4 is 4.72 Å². The van der Waals surface area contributed by atoms with Crippen LogP contribution in [0.3, 0.4) is 0 Å². The Morgan fingerprint density at radius 2 is 0.980 bits per heavy atom. The average Bonchev–Trinajstić information content (AvgIpc) is 3.83. The number of carboxylic acid groups (broad SMARTS) is 1. The first-order valence-corrected chi connectivity index (χ1v) is 16.8. The second-order valence-corrected chi connectivity index (χ2v) is 13.3. The minimum Gasteiger partial charge on any atom is -0.481 e. The van der Waals surface area contributed by atoms with Gasteiger partial charge < -0.3 is 15.1 Å². The second-order valence-electron chi connectivity index (χ2n) is 11.5. The molecule has 0 saturated carbocycles.